The van der Waals surface area contributed by atoms with E-state index in [2.05, 4.69) is 31.8 Å². The third kappa shape index (κ3) is 2.75. The van der Waals surface area contributed by atoms with Gasteiger partial charge in [-0.05, 0) is 37.3 Å². The summed E-state index contributed by atoms with van der Waals surface area (Å²) >= 11 is 6.03. The van der Waals surface area contributed by atoms with Crippen molar-refractivity contribution in [3.63, 3.8) is 0 Å². The predicted octanol–water partition coefficient (Wildman–Crippen LogP) is 2.34. The summed E-state index contributed by atoms with van der Waals surface area (Å²) in [6.07, 6.45) is 9.05. The van der Waals surface area contributed by atoms with Crippen LogP contribution >= 0.6 is 11.6 Å². The van der Waals surface area contributed by atoms with Crippen molar-refractivity contribution in [1.82, 2.24) is 24.5 Å². The van der Waals surface area contributed by atoms with Crippen molar-refractivity contribution in [1.29, 1.82) is 0 Å². The molecule has 1 fully saturated rings. The van der Waals surface area contributed by atoms with E-state index in [1.54, 1.807) is 23.3 Å². The monoisotopic (exact) mass is 292 g/mol. The van der Waals surface area contributed by atoms with E-state index in [1.807, 2.05) is 0 Å². The van der Waals surface area contributed by atoms with Gasteiger partial charge < -0.3 is 4.90 Å². The molecule has 2 aromatic heterocycles. The third-order valence-electron chi connectivity index (χ3n) is 3.69. The fraction of sp³-hybridized carbons (Fsp3) is 0.538. The van der Waals surface area contributed by atoms with Crippen molar-refractivity contribution >= 4 is 17.5 Å². The first-order valence-corrected chi connectivity index (χ1v) is 7.29. The molecule has 0 unspecified atom stereocenters. The zero-order valence-electron chi connectivity index (χ0n) is 11.4. The van der Waals surface area contributed by atoms with Gasteiger partial charge in [0.1, 0.15) is 6.33 Å². The Labute approximate surface area is 122 Å². The summed E-state index contributed by atoms with van der Waals surface area (Å²) in [6, 6.07) is 0. The lowest BCUT2D eigenvalue weighted by Gasteiger charge is -2.31. The zero-order chi connectivity index (χ0) is 13.9. The standard InChI is InChI=1S/C13H17ClN6/c1-2-19(8-10-4-3-5-10)12-16-11(14)17-13(18-12)20-7-6-15-9-20/h6-7,9-10H,2-5,8H2,1H3. The molecule has 0 aromatic carbocycles. The highest BCUT2D eigenvalue weighted by atomic mass is 35.5. The molecule has 106 valence electrons. The molecule has 1 aliphatic rings. The largest absolute Gasteiger partial charge is 0.341 e. The molecular weight excluding hydrogens is 276 g/mol. The lowest BCUT2D eigenvalue weighted by atomic mass is 9.85. The summed E-state index contributed by atoms with van der Waals surface area (Å²) in [4.78, 5) is 19.1. The fourth-order valence-corrected chi connectivity index (χ4v) is 2.45. The van der Waals surface area contributed by atoms with Crippen LogP contribution in [0.15, 0.2) is 18.7 Å². The molecule has 6 nitrogen and oxygen atoms in total. The second kappa shape index (κ2) is 5.75. The highest BCUT2D eigenvalue weighted by Gasteiger charge is 2.22. The molecule has 0 radical (unpaired) electrons. The highest BCUT2D eigenvalue weighted by Crippen LogP contribution is 2.28. The van der Waals surface area contributed by atoms with Crippen LogP contribution in [0.4, 0.5) is 5.95 Å². The number of rotatable bonds is 5. The molecule has 0 aliphatic heterocycles. The molecule has 20 heavy (non-hydrogen) atoms. The molecule has 0 atom stereocenters. The van der Waals surface area contributed by atoms with Crippen molar-refractivity contribution in [3.05, 3.63) is 24.0 Å². The van der Waals surface area contributed by atoms with E-state index in [9.17, 15) is 0 Å². The van der Waals surface area contributed by atoms with Crippen LogP contribution in [0.1, 0.15) is 26.2 Å². The van der Waals surface area contributed by atoms with Gasteiger partial charge in [-0.1, -0.05) is 6.42 Å². The van der Waals surface area contributed by atoms with Gasteiger partial charge in [0.05, 0.1) is 0 Å². The number of halogens is 1. The molecule has 0 spiro atoms. The van der Waals surface area contributed by atoms with Gasteiger partial charge in [0, 0.05) is 25.5 Å². The molecule has 2 aromatic rings. The van der Waals surface area contributed by atoms with Gasteiger partial charge in [-0.3, -0.25) is 4.57 Å². The van der Waals surface area contributed by atoms with Gasteiger partial charge >= 0.3 is 0 Å². The molecular formula is C13H17ClN6. The van der Waals surface area contributed by atoms with Crippen LogP contribution in [-0.2, 0) is 0 Å². The summed E-state index contributed by atoms with van der Waals surface area (Å²) in [5.74, 6) is 1.90. The van der Waals surface area contributed by atoms with Crippen LogP contribution < -0.4 is 4.90 Å². The molecule has 0 amide bonds. The lowest BCUT2D eigenvalue weighted by molar-refractivity contribution is 0.317. The minimum atomic E-state index is 0.214. The van der Waals surface area contributed by atoms with Gasteiger partial charge in [-0.15, -0.1) is 0 Å². The number of hydrogen-bond acceptors (Lipinski definition) is 5. The average molecular weight is 293 g/mol. The Morgan fingerprint density at radius 3 is 2.80 bits per heavy atom. The van der Waals surface area contributed by atoms with Crippen LogP contribution in [0.3, 0.4) is 0 Å². The van der Waals surface area contributed by atoms with Crippen molar-refractivity contribution < 1.29 is 0 Å². The average Bonchev–Trinajstić information content (AvgIpc) is 2.91. The van der Waals surface area contributed by atoms with Gasteiger partial charge in [0.25, 0.3) is 0 Å². The van der Waals surface area contributed by atoms with Crippen molar-refractivity contribution in [2.75, 3.05) is 18.0 Å². The van der Waals surface area contributed by atoms with Crippen LogP contribution in [0.2, 0.25) is 5.28 Å². The quantitative estimate of drug-likeness (QED) is 0.846. The van der Waals surface area contributed by atoms with E-state index in [0.717, 1.165) is 19.0 Å². The van der Waals surface area contributed by atoms with Crippen LogP contribution in [0.25, 0.3) is 5.95 Å². The van der Waals surface area contributed by atoms with Crippen LogP contribution in [-0.4, -0.2) is 37.6 Å². The Kier molecular flexibility index (Phi) is 3.82. The zero-order valence-corrected chi connectivity index (χ0v) is 12.2. The summed E-state index contributed by atoms with van der Waals surface area (Å²) < 4.78 is 1.73. The molecule has 1 aliphatic carbocycles. The predicted molar refractivity (Wildman–Crippen MR) is 77.2 cm³/mol. The molecule has 0 saturated heterocycles. The number of aromatic nitrogens is 5. The third-order valence-corrected chi connectivity index (χ3v) is 3.86. The van der Waals surface area contributed by atoms with E-state index >= 15 is 0 Å². The first-order valence-electron chi connectivity index (χ1n) is 6.91. The van der Waals surface area contributed by atoms with E-state index in [1.165, 1.54) is 19.3 Å². The summed E-state index contributed by atoms with van der Waals surface area (Å²) in [5, 5.41) is 0.214. The molecule has 7 heteroatoms. The van der Waals surface area contributed by atoms with Gasteiger partial charge in [-0.2, -0.15) is 15.0 Å². The molecule has 2 heterocycles. The summed E-state index contributed by atoms with van der Waals surface area (Å²) in [6.45, 7) is 3.95. The Bertz CT molecular complexity index is 566. The molecule has 1 saturated carbocycles. The molecule has 0 N–H and O–H groups in total. The van der Waals surface area contributed by atoms with E-state index in [0.29, 0.717) is 11.9 Å². The minimum absolute atomic E-state index is 0.214. The van der Waals surface area contributed by atoms with E-state index in [4.69, 9.17) is 11.6 Å². The summed E-state index contributed by atoms with van der Waals surface area (Å²) in [7, 11) is 0. The maximum atomic E-state index is 6.03. The highest BCUT2D eigenvalue weighted by molar-refractivity contribution is 6.28. The number of imidazole rings is 1. The van der Waals surface area contributed by atoms with Crippen molar-refractivity contribution in [3.8, 4) is 5.95 Å². The molecule has 3 rings (SSSR count). The Balaban J connectivity index is 1.87. The minimum Gasteiger partial charge on any atom is -0.341 e. The van der Waals surface area contributed by atoms with Crippen molar-refractivity contribution in [2.45, 2.75) is 26.2 Å². The number of hydrogen-bond donors (Lipinski definition) is 0. The Morgan fingerprint density at radius 2 is 2.20 bits per heavy atom. The van der Waals surface area contributed by atoms with E-state index in [-0.39, 0.29) is 5.28 Å². The maximum absolute atomic E-state index is 6.03. The second-order valence-electron chi connectivity index (χ2n) is 5.01. The van der Waals surface area contributed by atoms with E-state index < -0.39 is 0 Å². The lowest BCUT2D eigenvalue weighted by Crippen LogP contribution is -2.34. The Morgan fingerprint density at radius 1 is 1.35 bits per heavy atom. The Hall–Kier alpha value is -1.69. The number of nitrogens with zero attached hydrogens (tertiary/aromatic N) is 6. The SMILES string of the molecule is CCN(CC1CCC1)c1nc(Cl)nc(-n2ccnc2)n1. The fourth-order valence-electron chi connectivity index (χ4n) is 2.30. The molecule has 0 bridgehead atoms. The van der Waals surface area contributed by atoms with Gasteiger partial charge in [-0.25, -0.2) is 4.98 Å². The van der Waals surface area contributed by atoms with Gasteiger partial charge in [0.2, 0.25) is 17.2 Å². The summed E-state index contributed by atoms with van der Waals surface area (Å²) in [5.41, 5.74) is 0. The smallest absolute Gasteiger partial charge is 0.241 e. The maximum Gasteiger partial charge on any atom is 0.241 e. The van der Waals surface area contributed by atoms with Crippen molar-refractivity contribution in [2.24, 2.45) is 5.92 Å². The first kappa shape index (κ1) is 13.3. The first-order chi connectivity index (χ1) is 9.76. The second-order valence-corrected chi connectivity index (χ2v) is 5.35. The normalized spacial score (nSPS) is 15.1. The number of anilines is 1. The van der Waals surface area contributed by atoms with Crippen LogP contribution in [0.5, 0.6) is 0 Å². The van der Waals surface area contributed by atoms with Crippen LogP contribution in [0, 0.1) is 5.92 Å². The van der Waals surface area contributed by atoms with Gasteiger partial charge in [0.15, 0.2) is 0 Å². The topological polar surface area (TPSA) is 59.7 Å².